The first-order chi connectivity index (χ1) is 6.79. The summed E-state index contributed by atoms with van der Waals surface area (Å²) in [6.45, 7) is 1.66. The number of hydrogen-bond donors (Lipinski definition) is 1. The highest BCUT2D eigenvalue weighted by molar-refractivity contribution is 6.47. The normalized spacial score (nSPS) is 12.7. The maximum absolute atomic E-state index is 8.64. The van der Waals surface area contributed by atoms with E-state index in [-0.39, 0.29) is 0 Å². The Balaban J connectivity index is 3.08. The van der Waals surface area contributed by atoms with Gasteiger partial charge in [0, 0.05) is 5.56 Å². The zero-order valence-electron chi connectivity index (χ0n) is 8.14. The summed E-state index contributed by atoms with van der Waals surface area (Å²) >= 11 is 0. The first-order valence-electron chi connectivity index (χ1n) is 4.15. The van der Waals surface area contributed by atoms with Crippen LogP contribution in [0.1, 0.15) is 12.5 Å². The van der Waals surface area contributed by atoms with E-state index >= 15 is 0 Å². The molecule has 1 N–H and O–H groups in total. The zero-order chi connectivity index (χ0) is 10.4. The zero-order valence-corrected chi connectivity index (χ0v) is 8.14. The SMILES string of the molecule is CO/N=C(\C(C)=N/O)c1ccccc1. The molecule has 4 heteroatoms. The molecule has 0 fully saturated rings. The lowest BCUT2D eigenvalue weighted by atomic mass is 10.1. The van der Waals surface area contributed by atoms with E-state index < -0.39 is 0 Å². The van der Waals surface area contributed by atoms with E-state index in [1.54, 1.807) is 6.92 Å². The standard InChI is InChI=1S/C10H12N2O2/c1-8(11-13)10(12-14-2)9-6-4-3-5-7-9/h3-7,13H,1-2H3/b11-8-,12-10+. The summed E-state index contributed by atoms with van der Waals surface area (Å²) in [7, 11) is 1.45. The van der Waals surface area contributed by atoms with E-state index in [0.717, 1.165) is 5.56 Å². The molecule has 0 amide bonds. The molecule has 0 saturated heterocycles. The van der Waals surface area contributed by atoms with E-state index in [2.05, 4.69) is 15.1 Å². The van der Waals surface area contributed by atoms with Crippen LogP contribution in [0.3, 0.4) is 0 Å². The third-order valence-electron chi connectivity index (χ3n) is 1.72. The van der Waals surface area contributed by atoms with Gasteiger partial charge >= 0.3 is 0 Å². The lowest BCUT2D eigenvalue weighted by Crippen LogP contribution is -2.12. The van der Waals surface area contributed by atoms with Crippen LogP contribution in [0.15, 0.2) is 40.6 Å². The highest BCUT2D eigenvalue weighted by atomic mass is 16.6. The largest absolute Gasteiger partial charge is 0.411 e. The van der Waals surface area contributed by atoms with Gasteiger partial charge in [-0.25, -0.2) is 0 Å². The van der Waals surface area contributed by atoms with E-state index in [9.17, 15) is 0 Å². The summed E-state index contributed by atoms with van der Waals surface area (Å²) in [5, 5.41) is 15.5. The van der Waals surface area contributed by atoms with Crippen LogP contribution in [-0.2, 0) is 4.84 Å². The fourth-order valence-electron chi connectivity index (χ4n) is 1.06. The van der Waals surface area contributed by atoms with Gasteiger partial charge in [0.1, 0.15) is 18.5 Å². The van der Waals surface area contributed by atoms with Crippen LogP contribution in [-0.4, -0.2) is 23.7 Å². The van der Waals surface area contributed by atoms with Gasteiger partial charge in [-0.3, -0.25) is 0 Å². The third kappa shape index (κ3) is 2.32. The molecule has 0 radical (unpaired) electrons. The van der Waals surface area contributed by atoms with Crippen LogP contribution in [0, 0.1) is 0 Å². The second-order valence-corrected chi connectivity index (χ2v) is 2.67. The van der Waals surface area contributed by atoms with Gasteiger partial charge in [0.2, 0.25) is 0 Å². The molecule has 0 aliphatic heterocycles. The highest BCUT2D eigenvalue weighted by Gasteiger charge is 2.07. The summed E-state index contributed by atoms with van der Waals surface area (Å²) in [5.41, 5.74) is 1.79. The summed E-state index contributed by atoms with van der Waals surface area (Å²) in [5.74, 6) is 0. The van der Waals surface area contributed by atoms with Crippen molar-refractivity contribution in [1.29, 1.82) is 0 Å². The van der Waals surface area contributed by atoms with Gasteiger partial charge < -0.3 is 10.0 Å². The van der Waals surface area contributed by atoms with Crippen molar-refractivity contribution in [2.45, 2.75) is 6.92 Å². The smallest absolute Gasteiger partial charge is 0.134 e. The number of nitrogens with zero attached hydrogens (tertiary/aromatic N) is 2. The van der Waals surface area contributed by atoms with Crippen LogP contribution in [0.4, 0.5) is 0 Å². The maximum Gasteiger partial charge on any atom is 0.134 e. The molecule has 4 nitrogen and oxygen atoms in total. The van der Waals surface area contributed by atoms with Gasteiger partial charge in [0.15, 0.2) is 0 Å². The Morgan fingerprint density at radius 1 is 1.29 bits per heavy atom. The molecule has 0 aliphatic carbocycles. The molecule has 14 heavy (non-hydrogen) atoms. The Hall–Kier alpha value is -1.84. The molecule has 74 valence electrons. The van der Waals surface area contributed by atoms with Crippen LogP contribution in [0.2, 0.25) is 0 Å². The Morgan fingerprint density at radius 3 is 2.43 bits per heavy atom. The monoisotopic (exact) mass is 192 g/mol. The second kappa shape index (κ2) is 5.01. The first-order valence-corrected chi connectivity index (χ1v) is 4.15. The van der Waals surface area contributed by atoms with Crippen LogP contribution in [0.25, 0.3) is 0 Å². The second-order valence-electron chi connectivity index (χ2n) is 2.67. The highest BCUT2D eigenvalue weighted by Crippen LogP contribution is 2.03. The molecule has 0 unspecified atom stereocenters. The number of rotatable bonds is 3. The molecule has 0 atom stereocenters. The predicted molar refractivity (Wildman–Crippen MR) is 54.9 cm³/mol. The molecule has 0 bridgehead atoms. The van der Waals surface area contributed by atoms with Crippen molar-refractivity contribution in [2.24, 2.45) is 10.3 Å². The van der Waals surface area contributed by atoms with E-state index in [1.807, 2.05) is 30.3 Å². The van der Waals surface area contributed by atoms with Crippen molar-refractivity contribution in [3.05, 3.63) is 35.9 Å². The molecule has 1 aromatic carbocycles. The van der Waals surface area contributed by atoms with E-state index in [4.69, 9.17) is 5.21 Å². The quantitative estimate of drug-likeness (QED) is 0.451. The van der Waals surface area contributed by atoms with Crippen molar-refractivity contribution < 1.29 is 10.0 Å². The number of benzene rings is 1. The Bertz CT molecular complexity index is 344. The molecule has 0 saturated carbocycles. The Morgan fingerprint density at radius 2 is 1.93 bits per heavy atom. The van der Waals surface area contributed by atoms with Crippen molar-refractivity contribution in [2.75, 3.05) is 7.11 Å². The van der Waals surface area contributed by atoms with E-state index in [1.165, 1.54) is 7.11 Å². The minimum Gasteiger partial charge on any atom is -0.411 e. The van der Waals surface area contributed by atoms with Crippen LogP contribution >= 0.6 is 0 Å². The molecular formula is C10H12N2O2. The minimum absolute atomic E-state index is 0.415. The molecule has 1 aromatic rings. The maximum atomic E-state index is 8.64. The molecular weight excluding hydrogens is 180 g/mol. The van der Waals surface area contributed by atoms with Crippen molar-refractivity contribution in [3.8, 4) is 0 Å². The molecule has 0 spiro atoms. The Kier molecular flexibility index (Phi) is 3.67. The van der Waals surface area contributed by atoms with Crippen molar-refractivity contribution in [3.63, 3.8) is 0 Å². The number of oxime groups is 2. The molecule has 1 rings (SSSR count). The lowest BCUT2D eigenvalue weighted by molar-refractivity contribution is 0.214. The summed E-state index contributed by atoms with van der Waals surface area (Å²) in [6, 6.07) is 9.40. The van der Waals surface area contributed by atoms with Gasteiger partial charge in [-0.1, -0.05) is 40.6 Å². The van der Waals surface area contributed by atoms with E-state index in [0.29, 0.717) is 11.4 Å². The Labute approximate surface area is 82.5 Å². The van der Waals surface area contributed by atoms with Gasteiger partial charge in [0.05, 0.1) is 0 Å². The van der Waals surface area contributed by atoms with Crippen molar-refractivity contribution >= 4 is 11.4 Å². The third-order valence-corrected chi connectivity index (χ3v) is 1.72. The van der Waals surface area contributed by atoms with Gasteiger partial charge in [0.25, 0.3) is 0 Å². The van der Waals surface area contributed by atoms with Crippen LogP contribution in [0.5, 0.6) is 0 Å². The van der Waals surface area contributed by atoms with Crippen LogP contribution < -0.4 is 0 Å². The molecule has 0 aromatic heterocycles. The molecule has 0 aliphatic rings. The topological polar surface area (TPSA) is 54.2 Å². The van der Waals surface area contributed by atoms with Gasteiger partial charge in [-0.05, 0) is 6.92 Å². The van der Waals surface area contributed by atoms with Crippen molar-refractivity contribution in [1.82, 2.24) is 0 Å². The summed E-state index contributed by atoms with van der Waals surface area (Å²) in [6.07, 6.45) is 0. The fraction of sp³-hybridized carbons (Fsp3) is 0.200. The minimum atomic E-state index is 0.415. The predicted octanol–water partition coefficient (Wildman–Crippen LogP) is 1.89. The number of hydrogen-bond acceptors (Lipinski definition) is 4. The van der Waals surface area contributed by atoms with Gasteiger partial charge in [-0.2, -0.15) is 0 Å². The summed E-state index contributed by atoms with van der Waals surface area (Å²) in [4.78, 5) is 4.68. The average molecular weight is 192 g/mol. The molecule has 0 heterocycles. The average Bonchev–Trinajstić information content (AvgIpc) is 2.26. The lowest BCUT2D eigenvalue weighted by Gasteiger charge is -2.02. The van der Waals surface area contributed by atoms with Gasteiger partial charge in [-0.15, -0.1) is 0 Å². The fourth-order valence-corrected chi connectivity index (χ4v) is 1.06. The first kappa shape index (κ1) is 10.2. The summed E-state index contributed by atoms with van der Waals surface area (Å²) < 4.78 is 0.